The number of carbonyl (C=O) groups is 2. The van der Waals surface area contributed by atoms with Crippen molar-refractivity contribution in [3.63, 3.8) is 0 Å². The van der Waals surface area contributed by atoms with E-state index in [0.29, 0.717) is 22.8 Å². The Kier molecular flexibility index (Phi) is 7.42. The van der Waals surface area contributed by atoms with Crippen LogP contribution >= 0.6 is 11.3 Å². The van der Waals surface area contributed by atoms with Crippen molar-refractivity contribution in [1.29, 1.82) is 0 Å². The maximum Gasteiger partial charge on any atom is 0.265 e. The number of thiophene rings is 1. The lowest BCUT2D eigenvalue weighted by atomic mass is 10.1. The van der Waals surface area contributed by atoms with Gasteiger partial charge in [-0.2, -0.15) is 0 Å². The molecule has 0 radical (unpaired) electrons. The molecule has 1 aliphatic heterocycles. The van der Waals surface area contributed by atoms with Crippen LogP contribution in [0.4, 0.5) is 11.4 Å². The van der Waals surface area contributed by atoms with Gasteiger partial charge in [0.1, 0.15) is 11.9 Å². The molecule has 4 rings (SSSR count). The van der Waals surface area contributed by atoms with Crippen LogP contribution < -0.4 is 15.4 Å². The predicted molar refractivity (Wildman–Crippen MR) is 133 cm³/mol. The summed E-state index contributed by atoms with van der Waals surface area (Å²) in [5.74, 6) is 0.784. The topological polar surface area (TPSA) is 70.7 Å². The standard InChI is InChI=1S/C26H29N3O3S/c1-18-5-6-19(2)23(16-18)32-22-11-13-29(14-12-22)17-25(30)27-20-7-9-21(10-8-20)28-26(31)24-4-3-15-33-24/h3-10,15-16,22H,11-14,17H2,1-2H3,(H,27,30)(H,28,31). The summed E-state index contributed by atoms with van der Waals surface area (Å²) in [6.45, 7) is 6.15. The third-order valence-electron chi connectivity index (χ3n) is 5.71. The average Bonchev–Trinajstić information content (AvgIpc) is 3.34. The van der Waals surface area contributed by atoms with E-state index in [9.17, 15) is 9.59 Å². The highest BCUT2D eigenvalue weighted by molar-refractivity contribution is 7.12. The highest BCUT2D eigenvalue weighted by Crippen LogP contribution is 2.24. The van der Waals surface area contributed by atoms with E-state index in [1.807, 2.05) is 11.4 Å². The van der Waals surface area contributed by atoms with Crippen LogP contribution in [0.2, 0.25) is 0 Å². The summed E-state index contributed by atoms with van der Waals surface area (Å²) in [6.07, 6.45) is 1.99. The molecule has 3 aromatic rings. The lowest BCUT2D eigenvalue weighted by Gasteiger charge is -2.32. The quantitative estimate of drug-likeness (QED) is 0.512. The maximum absolute atomic E-state index is 12.5. The van der Waals surface area contributed by atoms with Gasteiger partial charge in [-0.3, -0.25) is 14.5 Å². The number of amides is 2. The highest BCUT2D eigenvalue weighted by atomic mass is 32.1. The lowest BCUT2D eigenvalue weighted by Crippen LogP contribution is -2.42. The maximum atomic E-state index is 12.5. The van der Waals surface area contributed by atoms with Crippen molar-refractivity contribution >= 4 is 34.5 Å². The number of hydrogen-bond donors (Lipinski definition) is 2. The molecule has 2 heterocycles. The molecular formula is C26H29N3O3S. The third-order valence-corrected chi connectivity index (χ3v) is 6.58. The normalized spacial score (nSPS) is 14.6. The zero-order chi connectivity index (χ0) is 23.2. The van der Waals surface area contributed by atoms with Gasteiger partial charge in [0, 0.05) is 24.5 Å². The fourth-order valence-corrected chi connectivity index (χ4v) is 4.46. The van der Waals surface area contributed by atoms with Gasteiger partial charge in [-0.05, 0) is 79.6 Å². The summed E-state index contributed by atoms with van der Waals surface area (Å²) in [7, 11) is 0. The van der Waals surface area contributed by atoms with Crippen LogP contribution in [-0.4, -0.2) is 42.5 Å². The van der Waals surface area contributed by atoms with Crippen molar-refractivity contribution in [3.8, 4) is 5.75 Å². The molecule has 172 valence electrons. The fraction of sp³-hybridized carbons (Fsp3) is 0.308. The minimum Gasteiger partial charge on any atom is -0.490 e. The molecule has 2 amide bonds. The molecule has 1 aliphatic rings. The molecule has 1 saturated heterocycles. The first-order valence-corrected chi connectivity index (χ1v) is 12.1. The van der Waals surface area contributed by atoms with Gasteiger partial charge in [0.15, 0.2) is 0 Å². The Morgan fingerprint density at radius 2 is 1.70 bits per heavy atom. The number of carbonyl (C=O) groups excluding carboxylic acids is 2. The summed E-state index contributed by atoms with van der Waals surface area (Å²) in [5.41, 5.74) is 3.75. The number of ether oxygens (including phenoxy) is 1. The number of nitrogens with one attached hydrogen (secondary N) is 2. The predicted octanol–water partition coefficient (Wildman–Crippen LogP) is 5.10. The largest absolute Gasteiger partial charge is 0.490 e. The van der Waals surface area contributed by atoms with Gasteiger partial charge in [-0.1, -0.05) is 18.2 Å². The van der Waals surface area contributed by atoms with Crippen LogP contribution in [0.1, 0.15) is 33.6 Å². The second-order valence-corrected chi connectivity index (χ2v) is 9.37. The summed E-state index contributed by atoms with van der Waals surface area (Å²) in [6, 6.07) is 17.1. The van der Waals surface area contributed by atoms with Crippen LogP contribution in [0.15, 0.2) is 60.0 Å². The van der Waals surface area contributed by atoms with E-state index < -0.39 is 0 Å². The first-order valence-electron chi connectivity index (χ1n) is 11.2. The molecule has 2 aromatic carbocycles. The molecule has 0 atom stereocenters. The molecule has 7 heteroatoms. The van der Waals surface area contributed by atoms with Crippen molar-refractivity contribution in [3.05, 3.63) is 76.0 Å². The summed E-state index contributed by atoms with van der Waals surface area (Å²) in [5, 5.41) is 7.67. The van der Waals surface area contributed by atoms with Crippen molar-refractivity contribution in [2.45, 2.75) is 32.8 Å². The molecule has 1 fully saturated rings. The van der Waals surface area contributed by atoms with Crippen LogP contribution in [0.3, 0.4) is 0 Å². The van der Waals surface area contributed by atoms with Gasteiger partial charge < -0.3 is 15.4 Å². The van der Waals surface area contributed by atoms with E-state index in [4.69, 9.17) is 4.74 Å². The highest BCUT2D eigenvalue weighted by Gasteiger charge is 2.22. The van der Waals surface area contributed by atoms with Gasteiger partial charge in [0.05, 0.1) is 11.4 Å². The van der Waals surface area contributed by atoms with E-state index in [1.165, 1.54) is 16.9 Å². The smallest absolute Gasteiger partial charge is 0.265 e. The number of likely N-dealkylation sites (tertiary alicyclic amines) is 1. The number of hydrogen-bond acceptors (Lipinski definition) is 5. The van der Waals surface area contributed by atoms with Crippen LogP contribution in [0.25, 0.3) is 0 Å². The van der Waals surface area contributed by atoms with Gasteiger partial charge in [-0.25, -0.2) is 0 Å². The fourth-order valence-electron chi connectivity index (χ4n) is 3.84. The molecule has 2 N–H and O–H groups in total. The second kappa shape index (κ2) is 10.6. The number of benzene rings is 2. The molecule has 0 saturated carbocycles. The molecule has 0 bridgehead atoms. The SMILES string of the molecule is Cc1ccc(C)c(OC2CCN(CC(=O)Nc3ccc(NC(=O)c4cccs4)cc3)CC2)c1. The van der Waals surface area contributed by atoms with Gasteiger partial charge in [0.2, 0.25) is 5.91 Å². The first kappa shape index (κ1) is 23.0. The van der Waals surface area contributed by atoms with Gasteiger partial charge >= 0.3 is 0 Å². The number of nitrogens with zero attached hydrogens (tertiary/aromatic N) is 1. The van der Waals surface area contributed by atoms with Crippen molar-refractivity contribution in [2.24, 2.45) is 0 Å². The molecule has 1 aromatic heterocycles. The van der Waals surface area contributed by atoms with Crippen LogP contribution in [0.5, 0.6) is 5.75 Å². The minimum absolute atomic E-state index is 0.0423. The van der Waals surface area contributed by atoms with E-state index in [0.717, 1.165) is 37.2 Å². The van der Waals surface area contributed by atoms with Gasteiger partial charge in [-0.15, -0.1) is 11.3 Å². The van der Waals surface area contributed by atoms with E-state index in [-0.39, 0.29) is 17.9 Å². The summed E-state index contributed by atoms with van der Waals surface area (Å²) >= 11 is 1.40. The second-order valence-electron chi connectivity index (χ2n) is 8.42. The Morgan fingerprint density at radius 3 is 2.36 bits per heavy atom. The zero-order valence-electron chi connectivity index (χ0n) is 19.0. The van der Waals surface area contributed by atoms with E-state index in [2.05, 4.69) is 47.6 Å². The zero-order valence-corrected chi connectivity index (χ0v) is 19.8. The first-order chi connectivity index (χ1) is 16.0. The molecule has 0 spiro atoms. The molecule has 0 aliphatic carbocycles. The monoisotopic (exact) mass is 463 g/mol. The van der Waals surface area contributed by atoms with Gasteiger partial charge in [0.25, 0.3) is 5.91 Å². The molecule has 33 heavy (non-hydrogen) atoms. The molecular weight excluding hydrogens is 434 g/mol. The Balaban J connectivity index is 1.21. The van der Waals surface area contributed by atoms with Crippen molar-refractivity contribution in [1.82, 2.24) is 4.90 Å². The number of piperidine rings is 1. The van der Waals surface area contributed by atoms with E-state index in [1.54, 1.807) is 30.3 Å². The number of rotatable bonds is 7. The summed E-state index contributed by atoms with van der Waals surface area (Å²) in [4.78, 5) is 27.5. The van der Waals surface area contributed by atoms with Crippen molar-refractivity contribution < 1.29 is 14.3 Å². The summed E-state index contributed by atoms with van der Waals surface area (Å²) < 4.78 is 6.22. The van der Waals surface area contributed by atoms with Crippen LogP contribution in [-0.2, 0) is 4.79 Å². The Hall–Kier alpha value is -3.16. The molecule has 0 unspecified atom stereocenters. The lowest BCUT2D eigenvalue weighted by molar-refractivity contribution is -0.117. The van der Waals surface area contributed by atoms with E-state index >= 15 is 0 Å². The average molecular weight is 464 g/mol. The molecule has 6 nitrogen and oxygen atoms in total. The number of aryl methyl sites for hydroxylation is 2. The van der Waals surface area contributed by atoms with Crippen molar-refractivity contribution in [2.75, 3.05) is 30.3 Å². The Bertz CT molecular complexity index is 1090. The third kappa shape index (κ3) is 6.43. The number of anilines is 2. The minimum atomic E-state index is -0.133. The Labute approximate surface area is 198 Å². The Morgan fingerprint density at radius 1 is 1.00 bits per heavy atom. The van der Waals surface area contributed by atoms with Crippen LogP contribution in [0, 0.1) is 13.8 Å².